The molecule has 0 spiro atoms. The van der Waals surface area contributed by atoms with E-state index in [-0.39, 0.29) is 18.6 Å². The van der Waals surface area contributed by atoms with Gasteiger partial charge in [-0.3, -0.25) is 9.88 Å². The van der Waals surface area contributed by atoms with Crippen LogP contribution in [0, 0.1) is 11.3 Å². The third kappa shape index (κ3) is 7.28. The quantitative estimate of drug-likeness (QED) is 0.377. The van der Waals surface area contributed by atoms with Crippen LogP contribution in [0.25, 0.3) is 0 Å². The van der Waals surface area contributed by atoms with Crippen molar-refractivity contribution in [2.75, 3.05) is 37.7 Å². The number of aliphatic hydroxyl groups excluding tert-OH is 1. The van der Waals surface area contributed by atoms with Crippen LogP contribution >= 0.6 is 11.6 Å². The molecule has 2 heterocycles. The van der Waals surface area contributed by atoms with Crippen molar-refractivity contribution in [2.24, 2.45) is 0 Å². The molecule has 0 bridgehead atoms. The van der Waals surface area contributed by atoms with Crippen LogP contribution in [0.4, 0.5) is 5.69 Å². The zero-order chi connectivity index (χ0) is 28.2. The van der Waals surface area contributed by atoms with Gasteiger partial charge in [-0.1, -0.05) is 36.7 Å². The molecule has 1 aliphatic rings. The molecule has 1 saturated heterocycles. The Kier molecular flexibility index (Phi) is 9.14. The van der Waals surface area contributed by atoms with Gasteiger partial charge >= 0.3 is 0 Å². The third-order valence-corrected chi connectivity index (χ3v) is 7.37. The Bertz CT molecular complexity index is 1280. The lowest BCUT2D eigenvalue weighted by Gasteiger charge is -2.44. The number of nitrogens with zero attached hydrogens (tertiary/aromatic N) is 4. The average Bonchev–Trinajstić information content (AvgIpc) is 2.92. The molecule has 2 aromatic carbocycles. The van der Waals surface area contributed by atoms with Gasteiger partial charge in [-0.15, -0.1) is 0 Å². The molecular weight excluding hydrogens is 512 g/mol. The second-order valence-corrected chi connectivity index (χ2v) is 11.3. The monoisotopic (exact) mass is 548 g/mol. The third-order valence-electron chi connectivity index (χ3n) is 7.12. The van der Waals surface area contributed by atoms with Gasteiger partial charge in [0.1, 0.15) is 24.0 Å². The van der Waals surface area contributed by atoms with Crippen molar-refractivity contribution in [3.63, 3.8) is 0 Å². The van der Waals surface area contributed by atoms with Gasteiger partial charge in [-0.05, 0) is 74.2 Å². The van der Waals surface area contributed by atoms with E-state index in [1.165, 1.54) is 0 Å². The summed E-state index contributed by atoms with van der Waals surface area (Å²) in [5, 5.41) is 30.5. The van der Waals surface area contributed by atoms with Gasteiger partial charge in [0.2, 0.25) is 0 Å². The van der Waals surface area contributed by atoms with Crippen molar-refractivity contribution in [2.45, 2.75) is 51.4 Å². The van der Waals surface area contributed by atoms with E-state index in [1.807, 2.05) is 36.5 Å². The fraction of sp³-hybridized carbons (Fsp3) is 0.419. The van der Waals surface area contributed by atoms with Crippen LogP contribution < -0.4 is 9.64 Å². The van der Waals surface area contributed by atoms with Crippen molar-refractivity contribution in [1.29, 1.82) is 5.26 Å². The van der Waals surface area contributed by atoms with Crippen LogP contribution in [0.3, 0.4) is 0 Å². The van der Waals surface area contributed by atoms with E-state index in [1.54, 1.807) is 26.8 Å². The van der Waals surface area contributed by atoms with Crippen LogP contribution in [0.1, 0.15) is 62.0 Å². The molecule has 206 valence electrons. The van der Waals surface area contributed by atoms with Crippen molar-refractivity contribution in [3.05, 3.63) is 88.2 Å². The Morgan fingerprint density at radius 1 is 1.13 bits per heavy atom. The van der Waals surface area contributed by atoms with Gasteiger partial charge in [0, 0.05) is 37.4 Å². The highest BCUT2D eigenvalue weighted by atomic mass is 35.5. The Morgan fingerprint density at radius 3 is 2.49 bits per heavy atom. The normalized spacial score (nSPS) is 17.9. The first-order chi connectivity index (χ1) is 18.5. The van der Waals surface area contributed by atoms with Gasteiger partial charge in [0.15, 0.2) is 0 Å². The maximum atomic E-state index is 10.2. The number of anilines is 1. The molecule has 0 radical (unpaired) electrons. The number of aliphatic hydroxyl groups is 2. The van der Waals surface area contributed by atoms with Crippen molar-refractivity contribution in [1.82, 2.24) is 9.88 Å². The molecule has 1 aliphatic heterocycles. The summed E-state index contributed by atoms with van der Waals surface area (Å²) in [5.41, 5.74) is 3.36. The smallest absolute Gasteiger partial charge is 0.120 e. The molecule has 2 N–H and O–H groups in total. The molecule has 4 rings (SSSR count). The number of hydrogen-bond acceptors (Lipinski definition) is 7. The van der Waals surface area contributed by atoms with E-state index in [4.69, 9.17) is 16.3 Å². The van der Waals surface area contributed by atoms with Crippen molar-refractivity contribution >= 4 is 17.3 Å². The highest BCUT2D eigenvalue weighted by Crippen LogP contribution is 2.35. The van der Waals surface area contributed by atoms with E-state index < -0.39 is 11.7 Å². The highest BCUT2D eigenvalue weighted by Gasteiger charge is 2.31. The number of pyridine rings is 1. The van der Waals surface area contributed by atoms with Gasteiger partial charge in [-0.25, -0.2) is 0 Å². The van der Waals surface area contributed by atoms with Gasteiger partial charge < -0.3 is 19.8 Å². The van der Waals surface area contributed by atoms with Crippen LogP contribution in [-0.2, 0) is 5.60 Å². The first-order valence-electron chi connectivity index (χ1n) is 13.3. The molecule has 0 amide bonds. The summed E-state index contributed by atoms with van der Waals surface area (Å²) in [6, 6.07) is 19.8. The summed E-state index contributed by atoms with van der Waals surface area (Å²) in [4.78, 5) is 9.24. The topological polar surface area (TPSA) is 92.8 Å². The fourth-order valence-electron chi connectivity index (χ4n) is 4.98. The number of piperazine rings is 1. The largest absolute Gasteiger partial charge is 0.491 e. The summed E-state index contributed by atoms with van der Waals surface area (Å²) >= 11 is 6.21. The molecule has 39 heavy (non-hydrogen) atoms. The molecule has 7 nitrogen and oxygen atoms in total. The molecule has 0 aliphatic carbocycles. The van der Waals surface area contributed by atoms with Gasteiger partial charge in [0.25, 0.3) is 0 Å². The molecule has 1 aromatic heterocycles. The summed E-state index contributed by atoms with van der Waals surface area (Å²) in [6.07, 6.45) is 1.28. The second kappa shape index (κ2) is 12.4. The molecule has 0 saturated carbocycles. The highest BCUT2D eigenvalue weighted by molar-refractivity contribution is 6.30. The summed E-state index contributed by atoms with van der Waals surface area (Å²) in [5.74, 6) is 0.821. The lowest BCUT2D eigenvalue weighted by atomic mass is 9.97. The predicted molar refractivity (Wildman–Crippen MR) is 154 cm³/mol. The van der Waals surface area contributed by atoms with Crippen molar-refractivity contribution < 1.29 is 14.9 Å². The molecular formula is C31H37ClN4O3. The lowest BCUT2D eigenvalue weighted by molar-refractivity contribution is 0.0738. The summed E-state index contributed by atoms with van der Waals surface area (Å²) < 4.78 is 5.64. The summed E-state index contributed by atoms with van der Waals surface area (Å²) in [6.45, 7) is 10.7. The Balaban J connectivity index is 1.56. The molecule has 3 atom stereocenters. The predicted octanol–water partition coefficient (Wildman–Crippen LogP) is 5.26. The Labute approximate surface area is 236 Å². The van der Waals surface area contributed by atoms with Crippen LogP contribution in [-0.4, -0.2) is 59.0 Å². The van der Waals surface area contributed by atoms with E-state index in [0.29, 0.717) is 22.0 Å². The fourth-order valence-corrected chi connectivity index (χ4v) is 5.10. The number of ether oxygens (including phenoxy) is 1. The number of rotatable bonds is 9. The lowest BCUT2D eigenvalue weighted by Crippen LogP contribution is -2.49. The van der Waals surface area contributed by atoms with Crippen molar-refractivity contribution in [3.8, 4) is 11.8 Å². The Hall–Kier alpha value is -3.15. The molecule has 0 unspecified atom stereocenters. The minimum absolute atomic E-state index is 0.0234. The van der Waals surface area contributed by atoms with Gasteiger partial charge in [-0.2, -0.15) is 5.26 Å². The SMILES string of the molecule is C[C@H](O)COc1ccc(N2CCN(C[C@H](C)c3ccc(C(C)(C)O)nc3)C[C@H]2c2ccc(Cl)cc2)c(C#N)c1. The zero-order valence-corrected chi connectivity index (χ0v) is 23.8. The molecule has 3 aromatic rings. The maximum absolute atomic E-state index is 10.2. The zero-order valence-electron chi connectivity index (χ0n) is 23.0. The minimum atomic E-state index is -0.965. The standard InChI is InChI=1S/C31H37ClN4O3/c1-21(24-7-12-30(34-17-24)31(3,4)38)18-35-13-14-36(29(19-35)23-5-8-26(32)9-6-23)28-11-10-27(15-25(28)16-33)39-20-22(2)37/h5-12,15,17,21-22,29,37-38H,13-14,18-20H2,1-4H3/t21-,22-,29-/m0/s1. The van der Waals surface area contributed by atoms with Crippen LogP contribution in [0.2, 0.25) is 5.02 Å². The maximum Gasteiger partial charge on any atom is 0.120 e. The van der Waals surface area contributed by atoms with E-state index in [9.17, 15) is 15.5 Å². The van der Waals surface area contributed by atoms with Crippen LogP contribution in [0.15, 0.2) is 60.8 Å². The van der Waals surface area contributed by atoms with E-state index >= 15 is 0 Å². The van der Waals surface area contributed by atoms with Gasteiger partial charge in [0.05, 0.1) is 29.1 Å². The van der Waals surface area contributed by atoms with E-state index in [2.05, 4.69) is 46.0 Å². The average molecular weight is 549 g/mol. The van der Waals surface area contributed by atoms with E-state index in [0.717, 1.165) is 43.0 Å². The number of aromatic nitrogens is 1. The first-order valence-corrected chi connectivity index (χ1v) is 13.7. The molecule has 1 fully saturated rings. The Morgan fingerprint density at radius 2 is 1.87 bits per heavy atom. The first kappa shape index (κ1) is 28.8. The summed E-state index contributed by atoms with van der Waals surface area (Å²) in [7, 11) is 0. The number of nitriles is 1. The van der Waals surface area contributed by atoms with Crippen LogP contribution in [0.5, 0.6) is 5.75 Å². The minimum Gasteiger partial charge on any atom is -0.491 e. The second-order valence-electron chi connectivity index (χ2n) is 10.9. The number of hydrogen-bond donors (Lipinski definition) is 2. The number of benzene rings is 2. The number of halogens is 1. The molecule has 8 heteroatoms.